The zero-order chi connectivity index (χ0) is 17.6. The second kappa shape index (κ2) is 6.15. The van der Waals surface area contributed by atoms with Crippen molar-refractivity contribution in [2.45, 2.75) is 26.1 Å². The molecule has 0 saturated carbocycles. The molecule has 0 spiro atoms. The van der Waals surface area contributed by atoms with E-state index in [0.717, 1.165) is 22.6 Å². The number of rotatable bonds is 3. The fourth-order valence-corrected chi connectivity index (χ4v) is 3.68. The van der Waals surface area contributed by atoms with Crippen molar-refractivity contribution in [3.05, 3.63) is 47.5 Å². The van der Waals surface area contributed by atoms with E-state index in [0.29, 0.717) is 17.6 Å². The Kier molecular flexibility index (Phi) is 3.96. The highest BCUT2D eigenvalue weighted by atomic mass is 16.7. The summed E-state index contributed by atoms with van der Waals surface area (Å²) in [7, 11) is 1.55. The molecule has 2 aliphatic heterocycles. The molecule has 0 aliphatic carbocycles. The lowest BCUT2D eigenvalue weighted by molar-refractivity contribution is 0.0288. The highest BCUT2D eigenvalue weighted by Crippen LogP contribution is 2.50. The number of hydrogen-bond acceptors (Lipinski definition) is 5. The van der Waals surface area contributed by atoms with Gasteiger partial charge in [-0.2, -0.15) is 0 Å². The van der Waals surface area contributed by atoms with Gasteiger partial charge >= 0.3 is 0 Å². The van der Waals surface area contributed by atoms with Crippen molar-refractivity contribution in [1.82, 2.24) is 0 Å². The van der Waals surface area contributed by atoms with E-state index in [4.69, 9.17) is 18.9 Å². The summed E-state index contributed by atoms with van der Waals surface area (Å²) >= 11 is 0. The molecule has 0 amide bonds. The Morgan fingerprint density at radius 1 is 0.920 bits per heavy atom. The summed E-state index contributed by atoms with van der Waals surface area (Å²) in [5, 5.41) is 9.82. The number of aromatic hydroxyl groups is 1. The van der Waals surface area contributed by atoms with Gasteiger partial charge in [-0.1, -0.05) is 26.0 Å². The minimum Gasteiger partial charge on any atom is -0.504 e. The maximum atomic E-state index is 9.82. The van der Waals surface area contributed by atoms with Crippen molar-refractivity contribution >= 4 is 0 Å². The summed E-state index contributed by atoms with van der Waals surface area (Å²) in [6.45, 7) is 4.67. The van der Waals surface area contributed by atoms with Crippen molar-refractivity contribution in [1.29, 1.82) is 0 Å². The molecular weight excluding hydrogens is 320 g/mol. The van der Waals surface area contributed by atoms with E-state index in [1.54, 1.807) is 13.2 Å². The molecule has 1 saturated heterocycles. The van der Waals surface area contributed by atoms with Crippen LogP contribution in [0.1, 0.15) is 37.2 Å². The molecule has 2 aromatic rings. The van der Waals surface area contributed by atoms with Gasteiger partial charge in [-0.25, -0.2) is 0 Å². The molecule has 4 rings (SSSR count). The molecule has 132 valence electrons. The SMILES string of the molecule is COc1cc([C@@H]2O[C@H](c3ccc4c(c3)OCO4)[C@@H](C)[C@H]2C)ccc1O. The first-order valence-electron chi connectivity index (χ1n) is 8.50. The van der Waals surface area contributed by atoms with E-state index in [2.05, 4.69) is 13.8 Å². The van der Waals surface area contributed by atoms with Gasteiger partial charge in [-0.05, 0) is 47.2 Å². The minimum atomic E-state index is -0.0556. The van der Waals surface area contributed by atoms with E-state index in [1.165, 1.54) is 0 Å². The van der Waals surface area contributed by atoms with Gasteiger partial charge in [0.15, 0.2) is 23.0 Å². The van der Waals surface area contributed by atoms with Gasteiger partial charge in [-0.3, -0.25) is 0 Å². The molecule has 5 nitrogen and oxygen atoms in total. The van der Waals surface area contributed by atoms with E-state index in [9.17, 15) is 5.11 Å². The number of methoxy groups -OCH3 is 1. The van der Waals surface area contributed by atoms with E-state index in [1.807, 2.05) is 30.3 Å². The monoisotopic (exact) mass is 342 g/mol. The third-order valence-electron chi connectivity index (χ3n) is 5.34. The molecule has 2 heterocycles. The van der Waals surface area contributed by atoms with Crippen molar-refractivity contribution in [2.75, 3.05) is 13.9 Å². The molecule has 0 aromatic heterocycles. The zero-order valence-corrected chi connectivity index (χ0v) is 14.6. The fourth-order valence-electron chi connectivity index (χ4n) is 3.68. The van der Waals surface area contributed by atoms with Crippen molar-refractivity contribution in [3.63, 3.8) is 0 Å². The summed E-state index contributed by atoms with van der Waals surface area (Å²) in [4.78, 5) is 0. The molecule has 5 heteroatoms. The quantitative estimate of drug-likeness (QED) is 0.905. The molecule has 2 aromatic carbocycles. The van der Waals surface area contributed by atoms with Crippen molar-refractivity contribution < 1.29 is 24.1 Å². The Balaban J connectivity index is 1.63. The maximum absolute atomic E-state index is 9.82. The summed E-state index contributed by atoms with van der Waals surface area (Å²) in [6.07, 6.45) is -0.0748. The smallest absolute Gasteiger partial charge is 0.231 e. The summed E-state index contributed by atoms with van der Waals surface area (Å²) in [6, 6.07) is 11.4. The third kappa shape index (κ3) is 2.68. The normalized spacial score (nSPS) is 27.5. The largest absolute Gasteiger partial charge is 0.504 e. The van der Waals surface area contributed by atoms with Crippen LogP contribution in [0.15, 0.2) is 36.4 Å². The average molecular weight is 342 g/mol. The molecule has 0 unspecified atom stereocenters. The number of benzene rings is 2. The number of hydrogen-bond donors (Lipinski definition) is 1. The standard InChI is InChI=1S/C20H22O5/c1-11-12(2)20(14-5-7-16-18(9-14)24-10-23-16)25-19(11)13-4-6-15(21)17(8-13)22-3/h4-9,11-12,19-21H,10H2,1-3H3/t11-,12+,19-,20+/m1/s1. The predicted octanol–water partition coefficient (Wildman–Crippen LogP) is 4.21. The second-order valence-corrected chi connectivity index (χ2v) is 6.74. The fraction of sp³-hybridized carbons (Fsp3) is 0.400. The van der Waals surface area contributed by atoms with Crippen molar-refractivity contribution in [3.8, 4) is 23.0 Å². The first kappa shape index (κ1) is 16.1. The van der Waals surface area contributed by atoms with Gasteiger partial charge in [-0.15, -0.1) is 0 Å². The Morgan fingerprint density at radius 2 is 1.56 bits per heavy atom. The lowest BCUT2D eigenvalue weighted by Crippen LogP contribution is -2.09. The third-order valence-corrected chi connectivity index (χ3v) is 5.34. The van der Waals surface area contributed by atoms with E-state index >= 15 is 0 Å². The van der Waals surface area contributed by atoms with Crippen LogP contribution in [0.2, 0.25) is 0 Å². The molecule has 2 aliphatic rings. The van der Waals surface area contributed by atoms with Crippen LogP contribution in [0.5, 0.6) is 23.0 Å². The molecule has 0 radical (unpaired) electrons. The number of phenols is 1. The Labute approximate surface area is 147 Å². The summed E-state index contributed by atoms with van der Waals surface area (Å²) in [5.74, 6) is 2.82. The molecule has 0 bridgehead atoms. The van der Waals surface area contributed by atoms with Gasteiger partial charge in [0.2, 0.25) is 6.79 Å². The Bertz CT molecular complexity index is 767. The van der Waals surface area contributed by atoms with E-state index in [-0.39, 0.29) is 24.8 Å². The number of ether oxygens (including phenoxy) is 4. The first-order valence-corrected chi connectivity index (χ1v) is 8.50. The maximum Gasteiger partial charge on any atom is 0.231 e. The summed E-state index contributed by atoms with van der Waals surface area (Å²) in [5.41, 5.74) is 2.11. The summed E-state index contributed by atoms with van der Waals surface area (Å²) < 4.78 is 22.5. The average Bonchev–Trinajstić information content (AvgIpc) is 3.20. The Hall–Kier alpha value is -2.40. The lowest BCUT2D eigenvalue weighted by Gasteiger charge is -2.17. The molecule has 1 fully saturated rings. The van der Waals surface area contributed by atoms with Crippen LogP contribution in [0.25, 0.3) is 0 Å². The molecular formula is C20H22O5. The van der Waals surface area contributed by atoms with Crippen LogP contribution < -0.4 is 14.2 Å². The van der Waals surface area contributed by atoms with Crippen LogP contribution in [-0.2, 0) is 4.74 Å². The number of fused-ring (bicyclic) bond motifs is 1. The van der Waals surface area contributed by atoms with Gasteiger partial charge in [0.1, 0.15) is 0 Å². The van der Waals surface area contributed by atoms with E-state index < -0.39 is 0 Å². The van der Waals surface area contributed by atoms with Crippen LogP contribution in [-0.4, -0.2) is 19.0 Å². The van der Waals surface area contributed by atoms with Crippen LogP contribution in [0.3, 0.4) is 0 Å². The zero-order valence-electron chi connectivity index (χ0n) is 14.6. The van der Waals surface area contributed by atoms with Gasteiger partial charge in [0.25, 0.3) is 0 Å². The van der Waals surface area contributed by atoms with Crippen LogP contribution in [0, 0.1) is 11.8 Å². The molecule has 25 heavy (non-hydrogen) atoms. The lowest BCUT2D eigenvalue weighted by atomic mass is 9.85. The van der Waals surface area contributed by atoms with Gasteiger partial charge < -0.3 is 24.1 Å². The highest BCUT2D eigenvalue weighted by molar-refractivity contribution is 5.46. The van der Waals surface area contributed by atoms with Crippen LogP contribution in [0.4, 0.5) is 0 Å². The molecule has 4 atom stereocenters. The van der Waals surface area contributed by atoms with Gasteiger partial charge in [0.05, 0.1) is 19.3 Å². The highest BCUT2D eigenvalue weighted by Gasteiger charge is 2.41. The first-order chi connectivity index (χ1) is 12.1. The minimum absolute atomic E-state index is 0.0192. The Morgan fingerprint density at radius 3 is 2.28 bits per heavy atom. The van der Waals surface area contributed by atoms with Crippen LogP contribution >= 0.6 is 0 Å². The number of phenolic OH excluding ortho intramolecular Hbond substituents is 1. The van der Waals surface area contributed by atoms with Crippen molar-refractivity contribution in [2.24, 2.45) is 11.8 Å². The molecule has 1 N–H and O–H groups in total. The van der Waals surface area contributed by atoms with Gasteiger partial charge in [0, 0.05) is 0 Å². The predicted molar refractivity (Wildman–Crippen MR) is 92.1 cm³/mol. The topological polar surface area (TPSA) is 57.2 Å². The second-order valence-electron chi connectivity index (χ2n) is 6.74.